The molecule has 6 nitrogen and oxygen atoms in total. The van der Waals surface area contributed by atoms with E-state index in [4.69, 9.17) is 0 Å². The number of hydrogen-bond acceptors (Lipinski definition) is 3. The number of aryl methyl sites for hydroxylation is 2. The van der Waals surface area contributed by atoms with E-state index in [0.717, 1.165) is 17.0 Å². The molecule has 0 spiro atoms. The number of aromatic amines is 1. The van der Waals surface area contributed by atoms with Crippen LogP contribution in [0.3, 0.4) is 0 Å². The standard InChI is InChI=1S/C14H14N4O2/c1-7-13(8(2)18-17-7)16-14(20)10-4-3-9-6-12(19)15-11(9)5-10/h3-5H,6H2,1-2H3,(H,15,19)(H,16,20)(H,17,18). The molecule has 102 valence electrons. The van der Waals surface area contributed by atoms with Crippen LogP contribution in [0.25, 0.3) is 0 Å². The summed E-state index contributed by atoms with van der Waals surface area (Å²) in [5, 5.41) is 12.4. The van der Waals surface area contributed by atoms with Crippen molar-refractivity contribution in [2.75, 3.05) is 10.6 Å². The third-order valence-corrected chi connectivity index (χ3v) is 3.36. The van der Waals surface area contributed by atoms with E-state index in [0.29, 0.717) is 23.4 Å². The highest BCUT2D eigenvalue weighted by atomic mass is 16.2. The van der Waals surface area contributed by atoms with Gasteiger partial charge in [-0.25, -0.2) is 0 Å². The van der Waals surface area contributed by atoms with Crippen LogP contribution in [0.1, 0.15) is 27.3 Å². The maximum absolute atomic E-state index is 12.2. The van der Waals surface area contributed by atoms with Crippen molar-refractivity contribution in [1.82, 2.24) is 10.2 Å². The predicted octanol–water partition coefficient (Wildman–Crippen LogP) is 1.77. The summed E-state index contributed by atoms with van der Waals surface area (Å²) in [6.45, 7) is 3.67. The fourth-order valence-corrected chi connectivity index (χ4v) is 2.28. The summed E-state index contributed by atoms with van der Waals surface area (Å²) < 4.78 is 0. The minimum Gasteiger partial charge on any atom is -0.326 e. The zero-order valence-electron chi connectivity index (χ0n) is 11.2. The SMILES string of the molecule is Cc1n[nH]c(C)c1NC(=O)c1ccc2c(c1)NC(=O)C2. The van der Waals surface area contributed by atoms with Gasteiger partial charge < -0.3 is 10.6 Å². The molecule has 3 rings (SSSR count). The first-order chi connectivity index (χ1) is 9.54. The Morgan fingerprint density at radius 1 is 1.35 bits per heavy atom. The maximum Gasteiger partial charge on any atom is 0.255 e. The number of carbonyl (C=O) groups excluding carboxylic acids is 2. The lowest BCUT2D eigenvalue weighted by Crippen LogP contribution is -2.13. The second-order valence-corrected chi connectivity index (χ2v) is 4.86. The maximum atomic E-state index is 12.2. The normalized spacial score (nSPS) is 13.0. The van der Waals surface area contributed by atoms with Gasteiger partial charge in [0.2, 0.25) is 5.91 Å². The minimum atomic E-state index is -0.221. The molecule has 0 atom stereocenters. The number of amides is 2. The van der Waals surface area contributed by atoms with E-state index in [2.05, 4.69) is 20.8 Å². The molecule has 0 radical (unpaired) electrons. The van der Waals surface area contributed by atoms with Gasteiger partial charge in [0, 0.05) is 11.3 Å². The highest BCUT2D eigenvalue weighted by Gasteiger charge is 2.19. The van der Waals surface area contributed by atoms with Gasteiger partial charge in [0.05, 0.1) is 23.5 Å². The van der Waals surface area contributed by atoms with E-state index in [-0.39, 0.29) is 11.8 Å². The number of fused-ring (bicyclic) bond motifs is 1. The molecule has 3 N–H and O–H groups in total. The molecule has 0 fully saturated rings. The number of benzene rings is 1. The molecule has 2 aromatic rings. The Balaban J connectivity index is 1.85. The Morgan fingerprint density at radius 2 is 2.15 bits per heavy atom. The van der Waals surface area contributed by atoms with Gasteiger partial charge in [-0.05, 0) is 31.5 Å². The van der Waals surface area contributed by atoms with E-state index in [1.807, 2.05) is 13.8 Å². The Kier molecular flexibility index (Phi) is 2.78. The fraction of sp³-hybridized carbons (Fsp3) is 0.214. The second kappa shape index (κ2) is 4.48. The van der Waals surface area contributed by atoms with Crippen molar-refractivity contribution in [3.8, 4) is 0 Å². The van der Waals surface area contributed by atoms with Crippen molar-refractivity contribution in [1.29, 1.82) is 0 Å². The van der Waals surface area contributed by atoms with Crippen molar-refractivity contribution in [2.45, 2.75) is 20.3 Å². The molecule has 0 saturated carbocycles. The molecular formula is C14H14N4O2. The highest BCUT2D eigenvalue weighted by molar-refractivity contribution is 6.07. The first kappa shape index (κ1) is 12.4. The average molecular weight is 270 g/mol. The van der Waals surface area contributed by atoms with Crippen molar-refractivity contribution in [2.24, 2.45) is 0 Å². The molecule has 0 aliphatic carbocycles. The van der Waals surface area contributed by atoms with Crippen LogP contribution in [0.15, 0.2) is 18.2 Å². The van der Waals surface area contributed by atoms with Crippen LogP contribution in [-0.2, 0) is 11.2 Å². The van der Waals surface area contributed by atoms with Gasteiger partial charge in [0.25, 0.3) is 5.91 Å². The van der Waals surface area contributed by atoms with E-state index < -0.39 is 0 Å². The van der Waals surface area contributed by atoms with Crippen LogP contribution in [-0.4, -0.2) is 22.0 Å². The Bertz CT molecular complexity index is 698. The van der Waals surface area contributed by atoms with Crippen LogP contribution in [0.2, 0.25) is 0 Å². The first-order valence-electron chi connectivity index (χ1n) is 6.30. The average Bonchev–Trinajstić information content (AvgIpc) is 2.93. The minimum absolute atomic E-state index is 0.0425. The summed E-state index contributed by atoms with van der Waals surface area (Å²) in [7, 11) is 0. The molecule has 1 aromatic carbocycles. The van der Waals surface area contributed by atoms with Gasteiger partial charge in [0.15, 0.2) is 0 Å². The molecule has 2 heterocycles. The van der Waals surface area contributed by atoms with Crippen LogP contribution in [0, 0.1) is 13.8 Å². The number of anilines is 2. The number of nitrogens with zero attached hydrogens (tertiary/aromatic N) is 1. The smallest absolute Gasteiger partial charge is 0.255 e. The number of carbonyl (C=O) groups is 2. The quantitative estimate of drug-likeness (QED) is 0.777. The summed E-state index contributed by atoms with van der Waals surface area (Å²) in [5.41, 5.74) is 4.38. The number of nitrogens with one attached hydrogen (secondary N) is 3. The predicted molar refractivity (Wildman–Crippen MR) is 74.8 cm³/mol. The van der Waals surface area contributed by atoms with E-state index in [9.17, 15) is 9.59 Å². The molecule has 1 aliphatic heterocycles. The highest BCUT2D eigenvalue weighted by Crippen LogP contribution is 2.25. The zero-order chi connectivity index (χ0) is 14.3. The van der Waals surface area contributed by atoms with Crippen LogP contribution >= 0.6 is 0 Å². The summed E-state index contributed by atoms with van der Waals surface area (Å²) in [4.78, 5) is 23.5. The van der Waals surface area contributed by atoms with Crippen molar-refractivity contribution in [3.63, 3.8) is 0 Å². The van der Waals surface area contributed by atoms with Gasteiger partial charge in [-0.1, -0.05) is 6.07 Å². The van der Waals surface area contributed by atoms with E-state index in [1.54, 1.807) is 18.2 Å². The number of rotatable bonds is 2. The van der Waals surface area contributed by atoms with Gasteiger partial charge >= 0.3 is 0 Å². The molecule has 20 heavy (non-hydrogen) atoms. The topological polar surface area (TPSA) is 86.9 Å². The number of hydrogen-bond donors (Lipinski definition) is 3. The first-order valence-corrected chi connectivity index (χ1v) is 6.30. The van der Waals surface area contributed by atoms with Gasteiger partial charge in [-0.3, -0.25) is 14.7 Å². The van der Waals surface area contributed by atoms with E-state index >= 15 is 0 Å². The lowest BCUT2D eigenvalue weighted by molar-refractivity contribution is -0.115. The molecule has 0 bridgehead atoms. The zero-order valence-corrected chi connectivity index (χ0v) is 11.2. The monoisotopic (exact) mass is 270 g/mol. The summed E-state index contributed by atoms with van der Waals surface area (Å²) in [6.07, 6.45) is 0.372. The van der Waals surface area contributed by atoms with Gasteiger partial charge in [-0.2, -0.15) is 5.10 Å². The molecule has 1 aromatic heterocycles. The third-order valence-electron chi connectivity index (χ3n) is 3.36. The lowest BCUT2D eigenvalue weighted by Gasteiger charge is -2.07. The van der Waals surface area contributed by atoms with Gasteiger partial charge in [-0.15, -0.1) is 0 Å². The molecule has 6 heteroatoms. The largest absolute Gasteiger partial charge is 0.326 e. The molecule has 0 saturated heterocycles. The molecule has 2 amide bonds. The Morgan fingerprint density at radius 3 is 2.85 bits per heavy atom. The summed E-state index contributed by atoms with van der Waals surface area (Å²) in [5.74, 6) is -0.263. The third kappa shape index (κ3) is 2.05. The van der Waals surface area contributed by atoms with Crippen LogP contribution in [0.5, 0.6) is 0 Å². The summed E-state index contributed by atoms with van der Waals surface area (Å²) in [6, 6.07) is 5.22. The summed E-state index contributed by atoms with van der Waals surface area (Å²) >= 11 is 0. The van der Waals surface area contributed by atoms with Crippen molar-refractivity contribution < 1.29 is 9.59 Å². The molecular weight excluding hydrogens is 256 g/mol. The second-order valence-electron chi connectivity index (χ2n) is 4.86. The molecule has 0 unspecified atom stereocenters. The van der Waals surface area contributed by atoms with Crippen LogP contribution < -0.4 is 10.6 Å². The Labute approximate surface area is 115 Å². The van der Waals surface area contributed by atoms with E-state index in [1.165, 1.54) is 0 Å². The number of H-pyrrole nitrogens is 1. The van der Waals surface area contributed by atoms with Gasteiger partial charge in [0.1, 0.15) is 0 Å². The van der Waals surface area contributed by atoms with Crippen LogP contribution in [0.4, 0.5) is 11.4 Å². The fourth-order valence-electron chi connectivity index (χ4n) is 2.28. The van der Waals surface area contributed by atoms with Crippen molar-refractivity contribution >= 4 is 23.2 Å². The Hall–Kier alpha value is -2.63. The van der Waals surface area contributed by atoms with Crippen molar-refractivity contribution in [3.05, 3.63) is 40.7 Å². The lowest BCUT2D eigenvalue weighted by atomic mass is 10.1. The number of aromatic nitrogens is 2. The molecule has 1 aliphatic rings.